The van der Waals surface area contributed by atoms with Gasteiger partial charge in [-0.2, -0.15) is 0 Å². The quantitative estimate of drug-likeness (QED) is 0.570. The zero-order valence-electron chi connectivity index (χ0n) is 12.7. The minimum Gasteiger partial charge on any atom is -0.491 e. The van der Waals surface area contributed by atoms with Crippen LogP contribution in [-0.4, -0.2) is 12.1 Å². The smallest absolute Gasteiger partial charge is 0.193 e. The maximum atomic E-state index is 7.90. The van der Waals surface area contributed by atoms with Crippen LogP contribution in [0.3, 0.4) is 0 Å². The summed E-state index contributed by atoms with van der Waals surface area (Å²) >= 11 is 5.84. The van der Waals surface area contributed by atoms with Crippen LogP contribution in [-0.2, 0) is 6.54 Å². The summed E-state index contributed by atoms with van der Waals surface area (Å²) in [5.41, 5.74) is 1.90. The molecule has 116 valence electrons. The van der Waals surface area contributed by atoms with Crippen molar-refractivity contribution in [2.75, 3.05) is 5.32 Å². The monoisotopic (exact) mass is 317 g/mol. The third kappa shape index (κ3) is 5.30. The fraction of sp³-hybridized carbons (Fsp3) is 0.235. The molecule has 0 aromatic heterocycles. The molecule has 0 spiro atoms. The van der Waals surface area contributed by atoms with E-state index in [1.165, 1.54) is 0 Å². The van der Waals surface area contributed by atoms with Gasteiger partial charge in [-0.15, -0.1) is 0 Å². The van der Waals surface area contributed by atoms with Gasteiger partial charge >= 0.3 is 0 Å². The highest BCUT2D eigenvalue weighted by molar-refractivity contribution is 6.30. The van der Waals surface area contributed by atoms with Crippen molar-refractivity contribution in [1.82, 2.24) is 5.32 Å². The second-order valence-electron chi connectivity index (χ2n) is 5.17. The van der Waals surface area contributed by atoms with Crippen LogP contribution in [0.15, 0.2) is 48.5 Å². The maximum Gasteiger partial charge on any atom is 0.193 e. The van der Waals surface area contributed by atoms with Crippen molar-refractivity contribution in [1.29, 1.82) is 5.41 Å². The normalized spacial score (nSPS) is 10.4. The molecule has 0 aliphatic carbocycles. The van der Waals surface area contributed by atoms with E-state index in [0.717, 1.165) is 17.0 Å². The van der Waals surface area contributed by atoms with E-state index in [-0.39, 0.29) is 12.1 Å². The fourth-order valence-electron chi connectivity index (χ4n) is 1.87. The molecule has 0 aliphatic rings. The molecule has 2 aromatic rings. The Morgan fingerprint density at radius 2 is 1.73 bits per heavy atom. The average Bonchev–Trinajstić information content (AvgIpc) is 2.48. The van der Waals surface area contributed by atoms with Gasteiger partial charge in [0.15, 0.2) is 5.96 Å². The van der Waals surface area contributed by atoms with Gasteiger partial charge in [0.1, 0.15) is 5.75 Å². The van der Waals surface area contributed by atoms with Crippen molar-refractivity contribution < 1.29 is 4.74 Å². The summed E-state index contributed by atoms with van der Waals surface area (Å²) in [7, 11) is 0. The molecular weight excluding hydrogens is 298 g/mol. The highest BCUT2D eigenvalue weighted by Crippen LogP contribution is 2.16. The molecule has 0 amide bonds. The third-order valence-electron chi connectivity index (χ3n) is 2.88. The van der Waals surface area contributed by atoms with Gasteiger partial charge in [0.2, 0.25) is 0 Å². The van der Waals surface area contributed by atoms with Crippen LogP contribution >= 0.6 is 11.6 Å². The van der Waals surface area contributed by atoms with E-state index in [9.17, 15) is 0 Å². The lowest BCUT2D eigenvalue weighted by Gasteiger charge is -2.12. The maximum absolute atomic E-state index is 7.90. The molecule has 0 saturated carbocycles. The first-order chi connectivity index (χ1) is 10.5. The lowest BCUT2D eigenvalue weighted by Crippen LogP contribution is -2.28. The highest BCUT2D eigenvalue weighted by Gasteiger charge is 2.01. The van der Waals surface area contributed by atoms with E-state index in [2.05, 4.69) is 10.6 Å². The molecule has 22 heavy (non-hydrogen) atoms. The molecule has 4 nitrogen and oxygen atoms in total. The van der Waals surface area contributed by atoms with Crippen molar-refractivity contribution in [3.8, 4) is 5.75 Å². The summed E-state index contributed by atoms with van der Waals surface area (Å²) < 4.78 is 5.58. The first-order valence-electron chi connectivity index (χ1n) is 7.13. The van der Waals surface area contributed by atoms with Gasteiger partial charge < -0.3 is 15.4 Å². The van der Waals surface area contributed by atoms with E-state index < -0.39 is 0 Å². The van der Waals surface area contributed by atoms with E-state index >= 15 is 0 Å². The average molecular weight is 318 g/mol. The SMILES string of the molecule is CC(C)Oc1ccc(NC(=N)NCc2ccc(Cl)cc2)cc1. The zero-order valence-corrected chi connectivity index (χ0v) is 13.4. The van der Waals surface area contributed by atoms with Crippen LogP contribution in [0.2, 0.25) is 5.02 Å². The number of hydrogen-bond acceptors (Lipinski definition) is 2. The number of anilines is 1. The van der Waals surface area contributed by atoms with Gasteiger partial charge in [0.05, 0.1) is 6.10 Å². The molecule has 2 rings (SSSR count). The third-order valence-corrected chi connectivity index (χ3v) is 3.13. The van der Waals surface area contributed by atoms with Gasteiger partial charge in [-0.05, 0) is 55.8 Å². The van der Waals surface area contributed by atoms with E-state index in [0.29, 0.717) is 11.6 Å². The second kappa shape index (κ2) is 7.71. The number of halogens is 1. The molecular formula is C17H20ClN3O. The highest BCUT2D eigenvalue weighted by atomic mass is 35.5. The Kier molecular flexibility index (Phi) is 5.67. The minimum absolute atomic E-state index is 0.151. The Morgan fingerprint density at radius 3 is 2.32 bits per heavy atom. The molecule has 0 radical (unpaired) electrons. The van der Waals surface area contributed by atoms with Crippen molar-refractivity contribution in [2.45, 2.75) is 26.5 Å². The summed E-state index contributed by atoms with van der Waals surface area (Å²) in [4.78, 5) is 0. The Labute approximate surface area is 136 Å². The van der Waals surface area contributed by atoms with Crippen molar-refractivity contribution in [3.63, 3.8) is 0 Å². The summed E-state index contributed by atoms with van der Waals surface area (Å²) in [6.45, 7) is 4.54. The number of ether oxygens (including phenoxy) is 1. The van der Waals surface area contributed by atoms with Gasteiger partial charge in [0.25, 0.3) is 0 Å². The summed E-state index contributed by atoms with van der Waals surface area (Å²) in [6, 6.07) is 15.1. The van der Waals surface area contributed by atoms with E-state index in [1.807, 2.05) is 62.4 Å². The van der Waals surface area contributed by atoms with Crippen LogP contribution in [0, 0.1) is 5.41 Å². The Bertz CT molecular complexity index is 609. The molecule has 0 unspecified atom stereocenters. The molecule has 3 N–H and O–H groups in total. The summed E-state index contributed by atoms with van der Waals surface area (Å²) in [5.74, 6) is 1.06. The van der Waals surface area contributed by atoms with Crippen LogP contribution in [0.25, 0.3) is 0 Å². The van der Waals surface area contributed by atoms with Crippen molar-refractivity contribution in [3.05, 3.63) is 59.1 Å². The number of nitrogens with one attached hydrogen (secondary N) is 3. The van der Waals surface area contributed by atoms with Crippen molar-refractivity contribution >= 4 is 23.2 Å². The predicted molar refractivity (Wildman–Crippen MR) is 91.8 cm³/mol. The van der Waals surface area contributed by atoms with Crippen LogP contribution in [0.5, 0.6) is 5.75 Å². The number of guanidine groups is 1. The molecule has 0 heterocycles. The largest absolute Gasteiger partial charge is 0.491 e. The molecule has 0 saturated heterocycles. The minimum atomic E-state index is 0.151. The van der Waals surface area contributed by atoms with Gasteiger partial charge in [-0.1, -0.05) is 23.7 Å². The van der Waals surface area contributed by atoms with Crippen molar-refractivity contribution in [2.24, 2.45) is 0 Å². The van der Waals surface area contributed by atoms with Crippen LogP contribution in [0.1, 0.15) is 19.4 Å². The van der Waals surface area contributed by atoms with E-state index in [1.54, 1.807) is 0 Å². The molecule has 0 aliphatic heterocycles. The second-order valence-corrected chi connectivity index (χ2v) is 5.61. The molecule has 5 heteroatoms. The lowest BCUT2D eigenvalue weighted by molar-refractivity contribution is 0.242. The van der Waals surface area contributed by atoms with E-state index in [4.69, 9.17) is 21.7 Å². The predicted octanol–water partition coefficient (Wildman–Crippen LogP) is 4.26. The Balaban J connectivity index is 1.82. The zero-order chi connectivity index (χ0) is 15.9. The van der Waals surface area contributed by atoms with Crippen LogP contribution in [0.4, 0.5) is 5.69 Å². The van der Waals surface area contributed by atoms with Gasteiger partial charge in [0, 0.05) is 17.3 Å². The summed E-state index contributed by atoms with van der Waals surface area (Å²) in [5, 5.41) is 14.6. The molecule has 0 fully saturated rings. The molecule has 2 aromatic carbocycles. The van der Waals surface area contributed by atoms with Gasteiger partial charge in [-0.3, -0.25) is 5.41 Å². The Hall–Kier alpha value is -2.20. The molecule has 0 bridgehead atoms. The van der Waals surface area contributed by atoms with Crippen LogP contribution < -0.4 is 15.4 Å². The fourth-order valence-corrected chi connectivity index (χ4v) is 2.00. The van der Waals surface area contributed by atoms with Gasteiger partial charge in [-0.25, -0.2) is 0 Å². The first-order valence-corrected chi connectivity index (χ1v) is 7.51. The Morgan fingerprint density at radius 1 is 1.09 bits per heavy atom. The number of hydrogen-bond donors (Lipinski definition) is 3. The summed E-state index contributed by atoms with van der Waals surface area (Å²) in [6.07, 6.45) is 0.151. The number of rotatable bonds is 5. The standard InChI is InChI=1S/C17H20ClN3O/c1-12(2)22-16-9-7-15(8-10-16)21-17(19)20-11-13-3-5-14(18)6-4-13/h3-10,12H,11H2,1-2H3,(H3,19,20,21). The molecule has 0 atom stereocenters. The number of benzene rings is 2. The first kappa shape index (κ1) is 16.2. The lowest BCUT2D eigenvalue weighted by atomic mass is 10.2. The topological polar surface area (TPSA) is 57.1 Å².